The maximum atomic E-state index is 12.0. The molecule has 0 spiro atoms. The molecule has 19 heavy (non-hydrogen) atoms. The number of carboxylic acids is 1. The normalized spacial score (nSPS) is 13.4. The maximum absolute atomic E-state index is 12.0. The van der Waals surface area contributed by atoms with Crippen molar-refractivity contribution >= 4 is 11.9 Å². The fourth-order valence-corrected chi connectivity index (χ4v) is 2.56. The van der Waals surface area contributed by atoms with Crippen molar-refractivity contribution in [1.82, 2.24) is 5.32 Å². The third kappa shape index (κ3) is 7.19. The van der Waals surface area contributed by atoms with Gasteiger partial charge in [-0.2, -0.15) is 0 Å². The van der Waals surface area contributed by atoms with Gasteiger partial charge < -0.3 is 10.4 Å². The van der Waals surface area contributed by atoms with Gasteiger partial charge in [-0.05, 0) is 31.1 Å². The Morgan fingerprint density at radius 3 is 2.05 bits per heavy atom. The van der Waals surface area contributed by atoms with Crippen LogP contribution in [0.5, 0.6) is 0 Å². The van der Waals surface area contributed by atoms with E-state index in [1.807, 2.05) is 13.8 Å². The summed E-state index contributed by atoms with van der Waals surface area (Å²) in [4.78, 5) is 23.0. The number of nitrogens with one attached hydrogen (secondary N) is 1. The summed E-state index contributed by atoms with van der Waals surface area (Å²) in [5, 5.41) is 11.9. The molecule has 4 nitrogen and oxygen atoms in total. The molecule has 0 aromatic carbocycles. The minimum atomic E-state index is -0.862. The molecule has 0 fully saturated rings. The molecule has 0 saturated carbocycles. The van der Waals surface area contributed by atoms with Crippen LogP contribution in [0.4, 0.5) is 0 Å². The molecule has 0 rings (SSSR count). The standard InChI is InChI=1S/C15H29NO3/c1-6-15(7-2,10-14(18)19)16-13(17)9-12(5)8-11(3)4/h11-12H,6-10H2,1-5H3,(H,16,17)(H,18,19). The van der Waals surface area contributed by atoms with Crippen molar-refractivity contribution in [3.05, 3.63) is 0 Å². The lowest BCUT2D eigenvalue weighted by atomic mass is 9.88. The summed E-state index contributed by atoms with van der Waals surface area (Å²) in [6, 6.07) is 0. The third-order valence-corrected chi connectivity index (χ3v) is 3.66. The van der Waals surface area contributed by atoms with Crippen molar-refractivity contribution in [2.24, 2.45) is 11.8 Å². The minimum absolute atomic E-state index is 0.00962. The van der Waals surface area contributed by atoms with Gasteiger partial charge in [-0.15, -0.1) is 0 Å². The number of hydrogen-bond donors (Lipinski definition) is 2. The number of carbonyl (C=O) groups excluding carboxylic acids is 1. The molecule has 1 amide bonds. The molecule has 0 radical (unpaired) electrons. The van der Waals surface area contributed by atoms with E-state index in [2.05, 4.69) is 26.1 Å². The number of amides is 1. The number of carboxylic acid groups (broad SMARTS) is 1. The van der Waals surface area contributed by atoms with Crippen molar-refractivity contribution in [2.75, 3.05) is 0 Å². The topological polar surface area (TPSA) is 66.4 Å². The first kappa shape index (κ1) is 17.9. The summed E-state index contributed by atoms with van der Waals surface area (Å²) < 4.78 is 0. The second kappa shape index (κ2) is 8.18. The zero-order chi connectivity index (χ0) is 15.1. The second-order valence-electron chi connectivity index (χ2n) is 6.04. The first-order valence-corrected chi connectivity index (χ1v) is 7.27. The van der Waals surface area contributed by atoms with E-state index in [-0.39, 0.29) is 12.3 Å². The summed E-state index contributed by atoms with van der Waals surface area (Å²) >= 11 is 0. The minimum Gasteiger partial charge on any atom is -0.481 e. The average Bonchev–Trinajstić information content (AvgIpc) is 2.25. The zero-order valence-corrected chi connectivity index (χ0v) is 13.0. The molecule has 0 aliphatic rings. The first-order chi connectivity index (χ1) is 8.74. The van der Waals surface area contributed by atoms with E-state index in [0.717, 1.165) is 6.42 Å². The van der Waals surface area contributed by atoms with E-state index in [4.69, 9.17) is 5.11 Å². The molecule has 0 saturated heterocycles. The van der Waals surface area contributed by atoms with E-state index in [0.29, 0.717) is 31.1 Å². The molecule has 0 bridgehead atoms. The molecular formula is C15H29NO3. The Labute approximate surface area is 117 Å². The van der Waals surface area contributed by atoms with Crippen LogP contribution in [0.15, 0.2) is 0 Å². The van der Waals surface area contributed by atoms with Gasteiger partial charge in [0.05, 0.1) is 6.42 Å². The SMILES string of the molecule is CCC(CC)(CC(=O)O)NC(=O)CC(C)CC(C)C. The van der Waals surface area contributed by atoms with Gasteiger partial charge in [0, 0.05) is 12.0 Å². The molecule has 0 aliphatic heterocycles. The van der Waals surface area contributed by atoms with E-state index >= 15 is 0 Å². The van der Waals surface area contributed by atoms with Gasteiger partial charge in [-0.25, -0.2) is 0 Å². The zero-order valence-electron chi connectivity index (χ0n) is 13.0. The maximum Gasteiger partial charge on any atom is 0.305 e. The average molecular weight is 271 g/mol. The molecule has 1 unspecified atom stereocenters. The highest BCUT2D eigenvalue weighted by atomic mass is 16.4. The monoisotopic (exact) mass is 271 g/mol. The van der Waals surface area contributed by atoms with Crippen molar-refractivity contribution in [3.8, 4) is 0 Å². The summed E-state index contributed by atoms with van der Waals surface area (Å²) in [7, 11) is 0. The van der Waals surface area contributed by atoms with Crippen molar-refractivity contribution < 1.29 is 14.7 Å². The molecule has 0 heterocycles. The molecule has 0 aromatic rings. The van der Waals surface area contributed by atoms with Crippen LogP contribution >= 0.6 is 0 Å². The van der Waals surface area contributed by atoms with E-state index in [1.54, 1.807) is 0 Å². The largest absolute Gasteiger partial charge is 0.481 e. The van der Waals surface area contributed by atoms with Gasteiger partial charge in [0.1, 0.15) is 0 Å². The summed E-state index contributed by atoms with van der Waals surface area (Å²) in [5.74, 6) is 0.0116. The summed E-state index contributed by atoms with van der Waals surface area (Å²) in [6.45, 7) is 10.2. The third-order valence-electron chi connectivity index (χ3n) is 3.66. The van der Waals surface area contributed by atoms with Gasteiger partial charge in [0.25, 0.3) is 0 Å². The van der Waals surface area contributed by atoms with E-state index in [1.165, 1.54) is 0 Å². The number of carbonyl (C=O) groups is 2. The Kier molecular flexibility index (Phi) is 7.72. The van der Waals surface area contributed by atoms with Crippen LogP contribution in [0.25, 0.3) is 0 Å². The van der Waals surface area contributed by atoms with Crippen LogP contribution in [0, 0.1) is 11.8 Å². The Hall–Kier alpha value is -1.06. The smallest absolute Gasteiger partial charge is 0.305 e. The molecule has 0 aromatic heterocycles. The Balaban J connectivity index is 4.51. The summed E-state index contributed by atoms with van der Waals surface area (Å²) in [5.41, 5.74) is -0.597. The van der Waals surface area contributed by atoms with Crippen molar-refractivity contribution in [3.63, 3.8) is 0 Å². The van der Waals surface area contributed by atoms with Crippen LogP contribution in [-0.2, 0) is 9.59 Å². The quantitative estimate of drug-likeness (QED) is 0.676. The first-order valence-electron chi connectivity index (χ1n) is 7.27. The van der Waals surface area contributed by atoms with Crippen LogP contribution in [0.2, 0.25) is 0 Å². The van der Waals surface area contributed by atoms with Gasteiger partial charge in [-0.1, -0.05) is 34.6 Å². The van der Waals surface area contributed by atoms with Gasteiger partial charge >= 0.3 is 5.97 Å². The van der Waals surface area contributed by atoms with Gasteiger partial charge in [0.15, 0.2) is 0 Å². The van der Waals surface area contributed by atoms with Gasteiger partial charge in [0.2, 0.25) is 5.91 Å². The predicted molar refractivity (Wildman–Crippen MR) is 76.9 cm³/mol. The highest BCUT2D eigenvalue weighted by Gasteiger charge is 2.31. The number of rotatable bonds is 9. The Morgan fingerprint density at radius 1 is 1.16 bits per heavy atom. The Bertz CT molecular complexity index is 296. The predicted octanol–water partition coefficient (Wildman–Crippen LogP) is 3.21. The lowest BCUT2D eigenvalue weighted by molar-refractivity contribution is -0.139. The fraction of sp³-hybridized carbons (Fsp3) is 0.867. The molecule has 4 heteroatoms. The number of aliphatic carboxylic acids is 1. The van der Waals surface area contributed by atoms with Crippen LogP contribution < -0.4 is 5.32 Å². The fourth-order valence-electron chi connectivity index (χ4n) is 2.56. The lowest BCUT2D eigenvalue weighted by Crippen LogP contribution is -2.49. The summed E-state index contributed by atoms with van der Waals surface area (Å²) in [6.07, 6.45) is 2.75. The van der Waals surface area contributed by atoms with Crippen LogP contribution in [0.3, 0.4) is 0 Å². The van der Waals surface area contributed by atoms with Crippen LogP contribution in [0.1, 0.15) is 66.7 Å². The Morgan fingerprint density at radius 2 is 1.68 bits per heavy atom. The van der Waals surface area contributed by atoms with Crippen molar-refractivity contribution in [2.45, 2.75) is 72.3 Å². The number of hydrogen-bond acceptors (Lipinski definition) is 2. The van der Waals surface area contributed by atoms with Crippen molar-refractivity contribution in [1.29, 1.82) is 0 Å². The van der Waals surface area contributed by atoms with Crippen LogP contribution in [-0.4, -0.2) is 22.5 Å². The molecule has 1 atom stereocenters. The van der Waals surface area contributed by atoms with E-state index in [9.17, 15) is 9.59 Å². The molecule has 112 valence electrons. The van der Waals surface area contributed by atoms with E-state index < -0.39 is 11.5 Å². The molecule has 2 N–H and O–H groups in total. The highest BCUT2D eigenvalue weighted by molar-refractivity contribution is 5.78. The molecular weight excluding hydrogens is 242 g/mol. The molecule has 0 aliphatic carbocycles. The lowest BCUT2D eigenvalue weighted by Gasteiger charge is -2.32. The highest BCUT2D eigenvalue weighted by Crippen LogP contribution is 2.21. The van der Waals surface area contributed by atoms with Gasteiger partial charge in [-0.3, -0.25) is 9.59 Å². The second-order valence-corrected chi connectivity index (χ2v) is 6.04.